The van der Waals surface area contributed by atoms with Gasteiger partial charge in [-0.05, 0) is 23.3 Å². The number of halogens is 1. The first-order valence-electron chi connectivity index (χ1n) is 3.86. The summed E-state index contributed by atoms with van der Waals surface area (Å²) in [6.07, 6.45) is 0. The largest absolute Gasteiger partial charge is 0.391 e. The predicted molar refractivity (Wildman–Crippen MR) is 61.9 cm³/mol. The number of hydrogen-bond acceptors (Lipinski definition) is 2. The highest BCUT2D eigenvalue weighted by Crippen LogP contribution is 2.32. The van der Waals surface area contributed by atoms with Crippen molar-refractivity contribution in [3.05, 3.63) is 40.2 Å². The number of nitrogen functional groups attached to an aromatic ring is 1. The number of thiophene rings is 1. The maximum atomic E-state index is 5.67. The summed E-state index contributed by atoms with van der Waals surface area (Å²) in [5.74, 6) is 0. The van der Waals surface area contributed by atoms with E-state index in [1.54, 1.807) is 11.3 Å². The Morgan fingerprint density at radius 2 is 2.00 bits per heavy atom. The number of hydrogen-bond donors (Lipinski definition) is 1. The van der Waals surface area contributed by atoms with Gasteiger partial charge in [0, 0.05) is 9.85 Å². The molecule has 0 aliphatic rings. The zero-order valence-electron chi connectivity index (χ0n) is 6.83. The van der Waals surface area contributed by atoms with E-state index in [0.29, 0.717) is 0 Å². The zero-order valence-corrected chi connectivity index (χ0v) is 9.23. The van der Waals surface area contributed by atoms with Gasteiger partial charge in [0.05, 0.1) is 5.00 Å². The van der Waals surface area contributed by atoms with E-state index in [-0.39, 0.29) is 0 Å². The standard InChI is InChI=1S/C10H8BrNS/c11-9-4-2-1-3-8(9)7-5-10(12)13-6-7/h1-6H,12H2. The smallest absolute Gasteiger partial charge is 0.0862 e. The number of benzene rings is 1. The van der Waals surface area contributed by atoms with Crippen molar-refractivity contribution in [3.8, 4) is 11.1 Å². The minimum atomic E-state index is 0.853. The maximum absolute atomic E-state index is 5.67. The molecule has 0 amide bonds. The molecule has 2 aromatic rings. The predicted octanol–water partition coefficient (Wildman–Crippen LogP) is 3.76. The van der Waals surface area contributed by atoms with Crippen molar-refractivity contribution in [2.24, 2.45) is 0 Å². The molecule has 66 valence electrons. The van der Waals surface area contributed by atoms with Crippen LogP contribution in [-0.4, -0.2) is 0 Å². The van der Waals surface area contributed by atoms with Gasteiger partial charge in [0.2, 0.25) is 0 Å². The van der Waals surface area contributed by atoms with Crippen LogP contribution in [0.2, 0.25) is 0 Å². The Balaban J connectivity index is 2.52. The monoisotopic (exact) mass is 253 g/mol. The Hall–Kier alpha value is -0.800. The lowest BCUT2D eigenvalue weighted by molar-refractivity contribution is 1.62. The third-order valence-electron chi connectivity index (χ3n) is 1.80. The molecule has 13 heavy (non-hydrogen) atoms. The van der Waals surface area contributed by atoms with Gasteiger partial charge >= 0.3 is 0 Å². The topological polar surface area (TPSA) is 26.0 Å². The maximum Gasteiger partial charge on any atom is 0.0862 e. The van der Waals surface area contributed by atoms with Crippen molar-refractivity contribution in [2.45, 2.75) is 0 Å². The summed E-state index contributed by atoms with van der Waals surface area (Å²) >= 11 is 5.07. The highest BCUT2D eigenvalue weighted by molar-refractivity contribution is 9.10. The average Bonchev–Trinajstić information content (AvgIpc) is 2.53. The minimum Gasteiger partial charge on any atom is -0.391 e. The summed E-state index contributed by atoms with van der Waals surface area (Å²) in [7, 11) is 0. The fourth-order valence-electron chi connectivity index (χ4n) is 1.19. The van der Waals surface area contributed by atoms with Crippen LogP contribution in [0.15, 0.2) is 40.2 Å². The van der Waals surface area contributed by atoms with Crippen molar-refractivity contribution < 1.29 is 0 Å². The minimum absolute atomic E-state index is 0.853. The summed E-state index contributed by atoms with van der Waals surface area (Å²) in [5.41, 5.74) is 8.04. The second-order valence-electron chi connectivity index (χ2n) is 2.72. The lowest BCUT2D eigenvalue weighted by Gasteiger charge is -1.99. The lowest BCUT2D eigenvalue weighted by atomic mass is 10.1. The molecular weight excluding hydrogens is 246 g/mol. The molecule has 2 N–H and O–H groups in total. The first-order chi connectivity index (χ1) is 6.27. The highest BCUT2D eigenvalue weighted by Gasteiger charge is 2.03. The molecule has 0 saturated carbocycles. The quantitative estimate of drug-likeness (QED) is 0.823. The van der Waals surface area contributed by atoms with E-state index < -0.39 is 0 Å². The first-order valence-corrected chi connectivity index (χ1v) is 5.53. The van der Waals surface area contributed by atoms with Crippen LogP contribution < -0.4 is 5.73 Å². The van der Waals surface area contributed by atoms with Gasteiger partial charge in [-0.3, -0.25) is 0 Å². The number of anilines is 1. The van der Waals surface area contributed by atoms with Crippen LogP contribution in [0.25, 0.3) is 11.1 Å². The fourth-order valence-corrected chi connectivity index (χ4v) is 2.36. The third-order valence-corrected chi connectivity index (χ3v) is 3.26. The Bertz CT molecular complexity index is 422. The number of rotatable bonds is 1. The summed E-state index contributed by atoms with van der Waals surface area (Å²) < 4.78 is 1.10. The van der Waals surface area contributed by atoms with Crippen LogP contribution in [0, 0.1) is 0 Å². The fraction of sp³-hybridized carbons (Fsp3) is 0. The average molecular weight is 254 g/mol. The molecule has 1 aromatic carbocycles. The van der Waals surface area contributed by atoms with E-state index >= 15 is 0 Å². The van der Waals surface area contributed by atoms with E-state index in [2.05, 4.69) is 27.4 Å². The molecule has 1 aromatic heterocycles. The summed E-state index contributed by atoms with van der Waals surface area (Å²) in [4.78, 5) is 0. The van der Waals surface area contributed by atoms with Gasteiger partial charge in [-0.25, -0.2) is 0 Å². The molecule has 0 radical (unpaired) electrons. The molecule has 0 unspecified atom stereocenters. The lowest BCUT2D eigenvalue weighted by Crippen LogP contribution is -1.77. The molecule has 0 atom stereocenters. The Morgan fingerprint density at radius 1 is 1.23 bits per heavy atom. The van der Waals surface area contributed by atoms with Crippen LogP contribution in [0.4, 0.5) is 5.00 Å². The summed E-state index contributed by atoms with van der Waals surface area (Å²) in [6.45, 7) is 0. The molecule has 3 heteroatoms. The van der Waals surface area contributed by atoms with E-state index in [9.17, 15) is 0 Å². The zero-order chi connectivity index (χ0) is 9.26. The van der Waals surface area contributed by atoms with E-state index in [4.69, 9.17) is 5.73 Å². The van der Waals surface area contributed by atoms with Crippen LogP contribution in [-0.2, 0) is 0 Å². The molecule has 1 heterocycles. The molecule has 0 saturated heterocycles. The molecule has 0 spiro atoms. The Kier molecular flexibility index (Phi) is 2.38. The van der Waals surface area contributed by atoms with Crippen molar-refractivity contribution in [1.82, 2.24) is 0 Å². The van der Waals surface area contributed by atoms with E-state index in [0.717, 1.165) is 9.47 Å². The summed E-state index contributed by atoms with van der Waals surface area (Å²) in [6, 6.07) is 10.1. The SMILES string of the molecule is Nc1cc(-c2ccccc2Br)cs1. The van der Waals surface area contributed by atoms with Crippen molar-refractivity contribution in [1.29, 1.82) is 0 Å². The van der Waals surface area contributed by atoms with Gasteiger partial charge in [-0.15, -0.1) is 11.3 Å². The van der Waals surface area contributed by atoms with Crippen LogP contribution >= 0.6 is 27.3 Å². The Morgan fingerprint density at radius 3 is 2.62 bits per heavy atom. The second-order valence-corrected chi connectivity index (χ2v) is 4.51. The van der Waals surface area contributed by atoms with Crippen molar-refractivity contribution in [2.75, 3.05) is 5.73 Å². The van der Waals surface area contributed by atoms with Crippen molar-refractivity contribution in [3.63, 3.8) is 0 Å². The molecule has 2 rings (SSSR count). The molecule has 1 nitrogen and oxygen atoms in total. The van der Waals surface area contributed by atoms with Gasteiger partial charge in [0.15, 0.2) is 0 Å². The molecule has 0 aliphatic heterocycles. The Labute approximate surface area is 89.3 Å². The molecule has 0 aliphatic carbocycles. The van der Waals surface area contributed by atoms with E-state index in [1.807, 2.05) is 24.3 Å². The van der Waals surface area contributed by atoms with Crippen LogP contribution in [0.3, 0.4) is 0 Å². The first kappa shape index (κ1) is 8.78. The summed E-state index contributed by atoms with van der Waals surface area (Å²) in [5, 5.41) is 2.92. The molecule has 0 fully saturated rings. The number of nitrogens with two attached hydrogens (primary N) is 1. The third kappa shape index (κ3) is 1.76. The van der Waals surface area contributed by atoms with Gasteiger partial charge in [-0.1, -0.05) is 34.1 Å². The van der Waals surface area contributed by atoms with Gasteiger partial charge < -0.3 is 5.73 Å². The molecular formula is C10H8BrNS. The van der Waals surface area contributed by atoms with Crippen LogP contribution in [0.5, 0.6) is 0 Å². The van der Waals surface area contributed by atoms with Crippen molar-refractivity contribution >= 4 is 32.3 Å². The van der Waals surface area contributed by atoms with Crippen LogP contribution in [0.1, 0.15) is 0 Å². The molecule has 0 bridgehead atoms. The normalized spacial score (nSPS) is 10.2. The van der Waals surface area contributed by atoms with E-state index in [1.165, 1.54) is 11.1 Å². The highest BCUT2D eigenvalue weighted by atomic mass is 79.9. The van der Waals surface area contributed by atoms with Gasteiger partial charge in [0.1, 0.15) is 0 Å². The van der Waals surface area contributed by atoms with Gasteiger partial charge in [-0.2, -0.15) is 0 Å². The second kappa shape index (κ2) is 3.52. The van der Waals surface area contributed by atoms with Gasteiger partial charge in [0.25, 0.3) is 0 Å².